The Morgan fingerprint density at radius 2 is 1.56 bits per heavy atom. The monoisotopic (exact) mass is 220 g/mol. The fraction of sp³-hybridized carbons (Fsp3) is 0.600. The van der Waals surface area contributed by atoms with Gasteiger partial charge in [0.1, 0.15) is 0 Å². The molecule has 1 nitrogen and oxygen atoms in total. The molecule has 0 saturated carbocycles. The number of aliphatic hydroxyl groups is 1. The highest BCUT2D eigenvalue weighted by Crippen LogP contribution is 2.27. The van der Waals surface area contributed by atoms with Crippen molar-refractivity contribution in [3.05, 3.63) is 34.4 Å². The number of aliphatic hydroxyl groups excluding tert-OH is 1. The van der Waals surface area contributed by atoms with Crippen molar-refractivity contribution in [1.82, 2.24) is 0 Å². The molecule has 16 heavy (non-hydrogen) atoms. The van der Waals surface area contributed by atoms with Crippen LogP contribution in [0.5, 0.6) is 0 Å². The third-order valence-corrected chi connectivity index (χ3v) is 3.15. The maximum atomic E-state index is 8.89. The Kier molecular flexibility index (Phi) is 4.15. The molecule has 90 valence electrons. The second kappa shape index (κ2) is 5.01. The van der Waals surface area contributed by atoms with Crippen molar-refractivity contribution in [1.29, 1.82) is 0 Å². The van der Waals surface area contributed by atoms with Gasteiger partial charge in [-0.2, -0.15) is 0 Å². The van der Waals surface area contributed by atoms with E-state index in [2.05, 4.69) is 46.8 Å². The average Bonchev–Trinajstić information content (AvgIpc) is 2.15. The van der Waals surface area contributed by atoms with Crippen LogP contribution in [-0.2, 0) is 11.8 Å². The molecule has 0 aliphatic carbocycles. The van der Waals surface area contributed by atoms with Gasteiger partial charge in [0, 0.05) is 6.61 Å². The summed E-state index contributed by atoms with van der Waals surface area (Å²) in [4.78, 5) is 0. The van der Waals surface area contributed by atoms with Crippen LogP contribution in [0, 0.1) is 13.8 Å². The largest absolute Gasteiger partial charge is 0.396 e. The molecule has 0 fully saturated rings. The first-order chi connectivity index (χ1) is 7.36. The first kappa shape index (κ1) is 13.2. The second-order valence-corrected chi connectivity index (χ2v) is 5.67. The molecule has 1 rings (SSSR count). The van der Waals surface area contributed by atoms with Gasteiger partial charge < -0.3 is 5.11 Å². The lowest BCUT2D eigenvalue weighted by atomic mass is 9.83. The molecule has 0 aliphatic heterocycles. The van der Waals surface area contributed by atoms with E-state index in [9.17, 15) is 0 Å². The van der Waals surface area contributed by atoms with Crippen LogP contribution in [0.15, 0.2) is 12.1 Å². The Morgan fingerprint density at radius 1 is 1.06 bits per heavy atom. The molecular weight excluding hydrogens is 196 g/mol. The first-order valence-corrected chi connectivity index (χ1v) is 6.07. The van der Waals surface area contributed by atoms with Gasteiger partial charge in [-0.15, -0.1) is 0 Å². The number of hydrogen-bond acceptors (Lipinski definition) is 1. The second-order valence-electron chi connectivity index (χ2n) is 5.67. The molecule has 0 unspecified atom stereocenters. The molecule has 0 atom stereocenters. The number of rotatable bonds is 3. The molecule has 1 aromatic carbocycles. The summed E-state index contributed by atoms with van der Waals surface area (Å²) in [6.45, 7) is 11.4. The molecule has 0 amide bonds. The van der Waals surface area contributed by atoms with Crippen LogP contribution in [0.4, 0.5) is 0 Å². The van der Waals surface area contributed by atoms with Crippen LogP contribution in [0.2, 0.25) is 0 Å². The van der Waals surface area contributed by atoms with Crippen LogP contribution in [0.1, 0.15) is 49.4 Å². The molecule has 1 heteroatoms. The van der Waals surface area contributed by atoms with Crippen LogP contribution in [-0.4, -0.2) is 11.7 Å². The summed E-state index contributed by atoms with van der Waals surface area (Å²) in [7, 11) is 0. The van der Waals surface area contributed by atoms with Crippen molar-refractivity contribution < 1.29 is 5.11 Å². The van der Waals surface area contributed by atoms with Crippen LogP contribution in [0.3, 0.4) is 0 Å². The minimum absolute atomic E-state index is 0.213. The van der Waals surface area contributed by atoms with Crippen molar-refractivity contribution in [3.63, 3.8) is 0 Å². The van der Waals surface area contributed by atoms with Gasteiger partial charge in [0.05, 0.1) is 0 Å². The molecule has 0 spiro atoms. The summed E-state index contributed by atoms with van der Waals surface area (Å²) in [5, 5.41) is 8.89. The Hall–Kier alpha value is -0.820. The fourth-order valence-electron chi connectivity index (χ4n) is 2.08. The zero-order valence-electron chi connectivity index (χ0n) is 11.2. The Labute approximate surface area is 99.5 Å². The van der Waals surface area contributed by atoms with Crippen LogP contribution >= 0.6 is 0 Å². The van der Waals surface area contributed by atoms with Gasteiger partial charge in [0.15, 0.2) is 0 Å². The number of hydrogen-bond donors (Lipinski definition) is 1. The van der Waals surface area contributed by atoms with Crippen molar-refractivity contribution in [2.24, 2.45) is 0 Å². The quantitative estimate of drug-likeness (QED) is 0.826. The fourth-order valence-corrected chi connectivity index (χ4v) is 2.08. The maximum Gasteiger partial charge on any atom is 0.0434 e. The van der Waals surface area contributed by atoms with Crippen molar-refractivity contribution in [3.8, 4) is 0 Å². The van der Waals surface area contributed by atoms with E-state index in [1.807, 2.05) is 0 Å². The number of benzene rings is 1. The van der Waals surface area contributed by atoms with E-state index in [0.29, 0.717) is 0 Å². The zero-order chi connectivity index (χ0) is 12.3. The van der Waals surface area contributed by atoms with Gasteiger partial charge in [-0.25, -0.2) is 0 Å². The number of aryl methyl sites for hydroxylation is 2. The Bertz CT molecular complexity index is 335. The van der Waals surface area contributed by atoms with Gasteiger partial charge in [-0.3, -0.25) is 0 Å². The van der Waals surface area contributed by atoms with Crippen LogP contribution in [0.25, 0.3) is 0 Å². The highest BCUT2D eigenvalue weighted by molar-refractivity contribution is 5.40. The summed E-state index contributed by atoms with van der Waals surface area (Å²) < 4.78 is 0. The smallest absolute Gasteiger partial charge is 0.0434 e. The van der Waals surface area contributed by atoms with Gasteiger partial charge >= 0.3 is 0 Å². The van der Waals surface area contributed by atoms with E-state index in [4.69, 9.17) is 5.11 Å². The highest BCUT2D eigenvalue weighted by Gasteiger charge is 2.15. The van der Waals surface area contributed by atoms with Gasteiger partial charge in [0.25, 0.3) is 0 Å². The van der Waals surface area contributed by atoms with Gasteiger partial charge in [-0.1, -0.05) is 32.9 Å². The third-order valence-electron chi connectivity index (χ3n) is 3.15. The van der Waals surface area contributed by atoms with Crippen LogP contribution < -0.4 is 0 Å². The summed E-state index contributed by atoms with van der Waals surface area (Å²) in [5.74, 6) is 0. The summed E-state index contributed by atoms with van der Waals surface area (Å²) in [6.07, 6.45) is 1.84. The average molecular weight is 220 g/mol. The normalized spacial score (nSPS) is 11.9. The topological polar surface area (TPSA) is 20.2 Å². The van der Waals surface area contributed by atoms with E-state index in [-0.39, 0.29) is 12.0 Å². The minimum Gasteiger partial charge on any atom is -0.396 e. The Morgan fingerprint density at radius 3 is 1.94 bits per heavy atom. The lowest BCUT2D eigenvalue weighted by Gasteiger charge is -2.22. The maximum absolute atomic E-state index is 8.89. The molecule has 0 aromatic heterocycles. The van der Waals surface area contributed by atoms with Gasteiger partial charge in [0.2, 0.25) is 0 Å². The predicted octanol–water partition coefficient (Wildman–Crippen LogP) is 3.53. The van der Waals surface area contributed by atoms with E-state index < -0.39 is 0 Å². The molecule has 0 saturated heterocycles. The van der Waals surface area contributed by atoms with E-state index >= 15 is 0 Å². The van der Waals surface area contributed by atoms with Crippen molar-refractivity contribution in [2.75, 3.05) is 6.61 Å². The summed E-state index contributed by atoms with van der Waals surface area (Å²) in [5.41, 5.74) is 5.74. The van der Waals surface area contributed by atoms with E-state index in [0.717, 1.165) is 12.8 Å². The van der Waals surface area contributed by atoms with E-state index in [1.165, 1.54) is 22.3 Å². The summed E-state index contributed by atoms with van der Waals surface area (Å²) >= 11 is 0. The lowest BCUT2D eigenvalue weighted by Crippen LogP contribution is -2.12. The minimum atomic E-state index is 0.213. The molecule has 1 N–H and O–H groups in total. The third kappa shape index (κ3) is 3.08. The molecule has 0 bridgehead atoms. The SMILES string of the molecule is Cc1cc(C(C)(C)C)cc(C)c1CCCO. The summed E-state index contributed by atoms with van der Waals surface area (Å²) in [6, 6.07) is 4.58. The van der Waals surface area contributed by atoms with Crippen molar-refractivity contribution >= 4 is 0 Å². The molecule has 0 aliphatic rings. The molecular formula is C15H24O. The van der Waals surface area contributed by atoms with E-state index in [1.54, 1.807) is 0 Å². The van der Waals surface area contributed by atoms with Crippen molar-refractivity contribution in [2.45, 2.75) is 52.9 Å². The Balaban J connectivity index is 3.08. The molecule has 0 heterocycles. The predicted molar refractivity (Wildman–Crippen MR) is 70.0 cm³/mol. The highest BCUT2D eigenvalue weighted by atomic mass is 16.2. The standard InChI is InChI=1S/C15H24O/c1-11-9-13(15(3,4)5)10-12(2)14(11)7-6-8-16/h9-10,16H,6-8H2,1-5H3. The van der Waals surface area contributed by atoms with Gasteiger partial charge in [-0.05, 0) is 54.4 Å². The lowest BCUT2D eigenvalue weighted by molar-refractivity contribution is 0.288. The molecule has 1 aromatic rings. The zero-order valence-corrected chi connectivity index (χ0v) is 11.2. The molecule has 0 radical (unpaired) electrons. The first-order valence-electron chi connectivity index (χ1n) is 6.07.